The zero-order valence-electron chi connectivity index (χ0n) is 12.0. The van der Waals surface area contributed by atoms with E-state index in [-0.39, 0.29) is 11.3 Å². The summed E-state index contributed by atoms with van der Waals surface area (Å²) in [6.07, 6.45) is 3.91. The SMILES string of the molecule is CC(C)C(CC(=O)Nc1cccnc1)C(C)(C)C. The first kappa shape index (κ1) is 14.7. The number of carbonyl (C=O) groups excluding carboxylic acids is 1. The lowest BCUT2D eigenvalue weighted by Gasteiger charge is -2.33. The second kappa shape index (κ2) is 5.98. The van der Waals surface area contributed by atoms with Crippen LogP contribution in [0.5, 0.6) is 0 Å². The molecular weight excluding hydrogens is 224 g/mol. The van der Waals surface area contributed by atoms with Gasteiger partial charge in [0.2, 0.25) is 5.91 Å². The fraction of sp³-hybridized carbons (Fsp3) is 0.600. The Labute approximate surface area is 110 Å². The van der Waals surface area contributed by atoms with Crippen molar-refractivity contribution in [2.24, 2.45) is 17.3 Å². The molecule has 1 unspecified atom stereocenters. The van der Waals surface area contributed by atoms with Crippen LogP contribution in [-0.4, -0.2) is 10.9 Å². The van der Waals surface area contributed by atoms with Crippen molar-refractivity contribution in [2.75, 3.05) is 5.32 Å². The molecule has 0 saturated carbocycles. The Morgan fingerprint density at radius 3 is 2.50 bits per heavy atom. The van der Waals surface area contributed by atoms with Crippen molar-refractivity contribution >= 4 is 11.6 Å². The van der Waals surface area contributed by atoms with E-state index in [1.165, 1.54) is 0 Å². The maximum absolute atomic E-state index is 12.0. The number of amides is 1. The predicted molar refractivity (Wildman–Crippen MR) is 75.3 cm³/mol. The molecule has 1 aromatic heterocycles. The molecule has 1 heterocycles. The van der Waals surface area contributed by atoms with E-state index in [9.17, 15) is 4.79 Å². The lowest BCUT2D eigenvalue weighted by atomic mass is 9.72. The molecule has 1 aromatic rings. The van der Waals surface area contributed by atoms with Crippen molar-refractivity contribution in [2.45, 2.75) is 41.0 Å². The highest BCUT2D eigenvalue weighted by Gasteiger charge is 2.29. The number of pyridine rings is 1. The molecular formula is C15H24N2O. The second-order valence-corrected chi connectivity index (χ2v) is 6.21. The van der Waals surface area contributed by atoms with Gasteiger partial charge >= 0.3 is 0 Å². The van der Waals surface area contributed by atoms with Crippen molar-refractivity contribution in [3.05, 3.63) is 24.5 Å². The van der Waals surface area contributed by atoms with Crippen molar-refractivity contribution in [1.29, 1.82) is 0 Å². The quantitative estimate of drug-likeness (QED) is 0.882. The number of aromatic nitrogens is 1. The molecule has 100 valence electrons. The summed E-state index contributed by atoms with van der Waals surface area (Å²) in [5, 5.41) is 2.90. The first-order valence-electron chi connectivity index (χ1n) is 6.50. The molecule has 1 atom stereocenters. The average molecular weight is 248 g/mol. The summed E-state index contributed by atoms with van der Waals surface area (Å²) in [5.74, 6) is 0.926. The molecule has 3 heteroatoms. The number of carbonyl (C=O) groups is 1. The number of nitrogens with zero attached hydrogens (tertiary/aromatic N) is 1. The van der Waals surface area contributed by atoms with Gasteiger partial charge in [-0.1, -0.05) is 34.6 Å². The number of hydrogen-bond donors (Lipinski definition) is 1. The summed E-state index contributed by atoms with van der Waals surface area (Å²) in [5.41, 5.74) is 0.902. The second-order valence-electron chi connectivity index (χ2n) is 6.21. The molecule has 0 spiro atoms. The molecule has 3 nitrogen and oxygen atoms in total. The molecule has 0 aliphatic rings. The van der Waals surface area contributed by atoms with Gasteiger partial charge in [0.15, 0.2) is 0 Å². The van der Waals surface area contributed by atoms with Gasteiger partial charge in [-0.05, 0) is 29.4 Å². The van der Waals surface area contributed by atoms with Gasteiger partial charge in [-0.3, -0.25) is 9.78 Å². The fourth-order valence-corrected chi connectivity index (χ4v) is 2.39. The third-order valence-corrected chi connectivity index (χ3v) is 3.27. The Hall–Kier alpha value is -1.38. The molecule has 18 heavy (non-hydrogen) atoms. The van der Waals surface area contributed by atoms with E-state index in [4.69, 9.17) is 0 Å². The van der Waals surface area contributed by atoms with E-state index >= 15 is 0 Å². The molecule has 0 aromatic carbocycles. The molecule has 0 radical (unpaired) electrons. The zero-order chi connectivity index (χ0) is 13.8. The van der Waals surface area contributed by atoms with Crippen LogP contribution in [0.1, 0.15) is 41.0 Å². The number of hydrogen-bond acceptors (Lipinski definition) is 2. The van der Waals surface area contributed by atoms with E-state index in [1.807, 2.05) is 12.1 Å². The summed E-state index contributed by atoms with van der Waals surface area (Å²) in [6.45, 7) is 10.9. The van der Waals surface area contributed by atoms with Crippen LogP contribution >= 0.6 is 0 Å². The van der Waals surface area contributed by atoms with Crippen molar-refractivity contribution in [3.63, 3.8) is 0 Å². The monoisotopic (exact) mass is 248 g/mol. The standard InChI is InChI=1S/C15H24N2O/c1-11(2)13(15(3,4)5)9-14(18)17-12-7-6-8-16-10-12/h6-8,10-11,13H,9H2,1-5H3,(H,17,18). The summed E-state index contributed by atoms with van der Waals surface area (Å²) < 4.78 is 0. The van der Waals surface area contributed by atoms with Crippen LogP contribution in [0.3, 0.4) is 0 Å². The maximum atomic E-state index is 12.0. The molecule has 0 fully saturated rings. The van der Waals surface area contributed by atoms with Crippen molar-refractivity contribution < 1.29 is 4.79 Å². The first-order chi connectivity index (χ1) is 8.30. The smallest absolute Gasteiger partial charge is 0.224 e. The number of rotatable bonds is 4. The minimum absolute atomic E-state index is 0.0663. The van der Waals surface area contributed by atoms with Crippen LogP contribution in [0.2, 0.25) is 0 Å². The van der Waals surface area contributed by atoms with Gasteiger partial charge in [-0.25, -0.2) is 0 Å². The Balaban J connectivity index is 2.63. The Kier molecular flexibility index (Phi) is 4.88. The lowest BCUT2D eigenvalue weighted by molar-refractivity contribution is -0.118. The highest BCUT2D eigenvalue weighted by Crippen LogP contribution is 2.34. The van der Waals surface area contributed by atoms with Crippen LogP contribution in [0.15, 0.2) is 24.5 Å². The normalized spacial score (nSPS) is 13.4. The van der Waals surface area contributed by atoms with Gasteiger partial charge in [-0.15, -0.1) is 0 Å². The topological polar surface area (TPSA) is 42.0 Å². The molecule has 0 saturated heterocycles. The lowest BCUT2D eigenvalue weighted by Crippen LogP contribution is -2.30. The van der Waals surface area contributed by atoms with E-state index in [0.29, 0.717) is 18.3 Å². The molecule has 1 rings (SSSR count). The largest absolute Gasteiger partial charge is 0.325 e. The summed E-state index contributed by atoms with van der Waals surface area (Å²) >= 11 is 0. The molecule has 0 bridgehead atoms. The van der Waals surface area contributed by atoms with Crippen molar-refractivity contribution in [3.8, 4) is 0 Å². The maximum Gasteiger partial charge on any atom is 0.224 e. The van der Waals surface area contributed by atoms with Gasteiger partial charge < -0.3 is 5.32 Å². The van der Waals surface area contributed by atoms with Crippen LogP contribution in [0.4, 0.5) is 5.69 Å². The summed E-state index contributed by atoms with van der Waals surface area (Å²) in [4.78, 5) is 16.0. The van der Waals surface area contributed by atoms with E-state index in [1.54, 1.807) is 12.4 Å². The molecule has 0 aliphatic carbocycles. The van der Waals surface area contributed by atoms with Crippen LogP contribution in [0, 0.1) is 17.3 Å². The van der Waals surface area contributed by atoms with Crippen LogP contribution in [-0.2, 0) is 4.79 Å². The third-order valence-electron chi connectivity index (χ3n) is 3.27. The first-order valence-corrected chi connectivity index (χ1v) is 6.50. The van der Waals surface area contributed by atoms with Crippen LogP contribution < -0.4 is 5.32 Å². The molecule has 1 amide bonds. The highest BCUT2D eigenvalue weighted by molar-refractivity contribution is 5.90. The molecule has 0 aliphatic heterocycles. The van der Waals surface area contributed by atoms with Crippen molar-refractivity contribution in [1.82, 2.24) is 4.98 Å². The highest BCUT2D eigenvalue weighted by atomic mass is 16.1. The number of anilines is 1. The van der Waals surface area contributed by atoms with Crippen LogP contribution in [0.25, 0.3) is 0 Å². The Bertz CT molecular complexity index is 379. The predicted octanol–water partition coefficient (Wildman–Crippen LogP) is 3.73. The van der Waals surface area contributed by atoms with Gasteiger partial charge in [0, 0.05) is 12.6 Å². The molecule has 1 N–H and O–H groups in total. The fourth-order valence-electron chi connectivity index (χ4n) is 2.39. The van der Waals surface area contributed by atoms with Gasteiger partial charge in [0.25, 0.3) is 0 Å². The minimum Gasteiger partial charge on any atom is -0.325 e. The Morgan fingerprint density at radius 2 is 2.06 bits per heavy atom. The zero-order valence-corrected chi connectivity index (χ0v) is 12.0. The van der Waals surface area contributed by atoms with Gasteiger partial charge in [0.05, 0.1) is 11.9 Å². The summed E-state index contributed by atoms with van der Waals surface area (Å²) in [6, 6.07) is 3.67. The third kappa shape index (κ3) is 4.47. The van der Waals surface area contributed by atoms with E-state index in [2.05, 4.69) is 44.9 Å². The Morgan fingerprint density at radius 1 is 1.39 bits per heavy atom. The average Bonchev–Trinajstić information content (AvgIpc) is 2.25. The summed E-state index contributed by atoms with van der Waals surface area (Å²) in [7, 11) is 0. The van der Waals surface area contributed by atoms with E-state index < -0.39 is 0 Å². The number of nitrogens with one attached hydrogen (secondary N) is 1. The van der Waals surface area contributed by atoms with E-state index in [0.717, 1.165) is 5.69 Å². The van der Waals surface area contributed by atoms with Gasteiger partial charge in [0.1, 0.15) is 0 Å². The van der Waals surface area contributed by atoms with Gasteiger partial charge in [-0.2, -0.15) is 0 Å². The minimum atomic E-state index is 0.0663.